The largest absolute Gasteiger partial charge is 0.508 e. The zero-order chi connectivity index (χ0) is 15.8. The van der Waals surface area contributed by atoms with Crippen LogP contribution in [-0.4, -0.2) is 25.5 Å². The highest BCUT2D eigenvalue weighted by atomic mass is 16.7. The summed E-state index contributed by atoms with van der Waals surface area (Å²) < 4.78 is 15.5. The summed E-state index contributed by atoms with van der Waals surface area (Å²) in [6, 6.07) is 12.0. The van der Waals surface area contributed by atoms with Crippen LogP contribution < -0.4 is 0 Å². The quantitative estimate of drug-likeness (QED) is 0.596. The monoisotopic (exact) mass is 301 g/mol. The summed E-state index contributed by atoms with van der Waals surface area (Å²) in [4.78, 5) is 11.3. The number of nitrogens with zero attached hydrogens (tertiary/aromatic N) is 1. The van der Waals surface area contributed by atoms with Crippen molar-refractivity contribution >= 4 is 6.16 Å². The van der Waals surface area contributed by atoms with Gasteiger partial charge in [-0.15, -0.1) is 0 Å². The number of benzene rings is 1. The SMILES string of the molecule is CCOC(=O)O[C@H]1C=C[C@@](C#N)(COCc2ccccc2)C1. The van der Waals surface area contributed by atoms with Crippen molar-refractivity contribution in [2.45, 2.75) is 26.1 Å². The fourth-order valence-corrected chi connectivity index (χ4v) is 2.29. The summed E-state index contributed by atoms with van der Waals surface area (Å²) in [5.74, 6) is 0. The van der Waals surface area contributed by atoms with Crippen LogP contribution in [0.15, 0.2) is 42.5 Å². The first-order valence-electron chi connectivity index (χ1n) is 7.23. The summed E-state index contributed by atoms with van der Waals surface area (Å²) in [7, 11) is 0. The lowest BCUT2D eigenvalue weighted by Gasteiger charge is -2.20. The number of carbonyl (C=O) groups excluding carboxylic acids is 1. The van der Waals surface area contributed by atoms with E-state index in [2.05, 4.69) is 6.07 Å². The van der Waals surface area contributed by atoms with Gasteiger partial charge in [0.2, 0.25) is 0 Å². The lowest BCUT2D eigenvalue weighted by Crippen LogP contribution is -2.25. The number of ether oxygens (including phenoxy) is 3. The topological polar surface area (TPSA) is 68.5 Å². The minimum atomic E-state index is -0.758. The third-order valence-corrected chi connectivity index (χ3v) is 3.40. The predicted molar refractivity (Wildman–Crippen MR) is 79.8 cm³/mol. The van der Waals surface area contributed by atoms with E-state index in [1.807, 2.05) is 30.3 Å². The van der Waals surface area contributed by atoms with Crippen LogP contribution in [0, 0.1) is 16.7 Å². The molecule has 0 heterocycles. The fraction of sp³-hybridized carbons (Fsp3) is 0.412. The first-order chi connectivity index (χ1) is 10.7. The molecule has 1 aromatic carbocycles. The molecule has 0 unspecified atom stereocenters. The molecule has 0 amide bonds. The van der Waals surface area contributed by atoms with Gasteiger partial charge in [0.25, 0.3) is 0 Å². The van der Waals surface area contributed by atoms with Gasteiger partial charge >= 0.3 is 6.16 Å². The smallest absolute Gasteiger partial charge is 0.435 e. The lowest BCUT2D eigenvalue weighted by atomic mass is 9.90. The molecule has 5 nitrogen and oxygen atoms in total. The molecule has 5 heteroatoms. The Bertz CT molecular complexity index is 564. The highest BCUT2D eigenvalue weighted by Gasteiger charge is 2.37. The molecule has 0 saturated heterocycles. The Kier molecular flexibility index (Phi) is 5.56. The lowest BCUT2D eigenvalue weighted by molar-refractivity contribution is 0.0251. The van der Waals surface area contributed by atoms with E-state index in [-0.39, 0.29) is 13.2 Å². The van der Waals surface area contributed by atoms with Crippen molar-refractivity contribution in [3.63, 3.8) is 0 Å². The van der Waals surface area contributed by atoms with E-state index in [4.69, 9.17) is 14.2 Å². The average Bonchev–Trinajstić information content (AvgIpc) is 2.92. The van der Waals surface area contributed by atoms with E-state index in [9.17, 15) is 10.1 Å². The van der Waals surface area contributed by atoms with Gasteiger partial charge in [0.15, 0.2) is 0 Å². The number of rotatable bonds is 6. The third kappa shape index (κ3) is 4.34. The second kappa shape index (κ2) is 7.62. The zero-order valence-electron chi connectivity index (χ0n) is 12.5. The van der Waals surface area contributed by atoms with Gasteiger partial charge in [-0.2, -0.15) is 5.26 Å². The van der Waals surface area contributed by atoms with Gasteiger partial charge in [0.1, 0.15) is 11.5 Å². The molecule has 0 N–H and O–H groups in total. The summed E-state index contributed by atoms with van der Waals surface area (Å²) in [6.07, 6.45) is 2.69. The van der Waals surface area contributed by atoms with Crippen molar-refractivity contribution in [2.24, 2.45) is 5.41 Å². The number of hydrogen-bond donors (Lipinski definition) is 0. The number of carbonyl (C=O) groups is 1. The molecule has 0 fully saturated rings. The molecule has 1 aliphatic carbocycles. The van der Waals surface area contributed by atoms with Crippen LogP contribution in [0.3, 0.4) is 0 Å². The van der Waals surface area contributed by atoms with Gasteiger partial charge < -0.3 is 14.2 Å². The van der Waals surface area contributed by atoms with Gasteiger partial charge in [-0.1, -0.05) is 36.4 Å². The minimum absolute atomic E-state index is 0.261. The third-order valence-electron chi connectivity index (χ3n) is 3.40. The second-order valence-electron chi connectivity index (χ2n) is 5.15. The molecule has 0 aliphatic heterocycles. The molecule has 0 radical (unpaired) electrons. The van der Waals surface area contributed by atoms with Gasteiger partial charge in [-0.05, 0) is 18.6 Å². The van der Waals surface area contributed by atoms with E-state index in [0.29, 0.717) is 13.0 Å². The molecule has 116 valence electrons. The molecule has 22 heavy (non-hydrogen) atoms. The Morgan fingerprint density at radius 3 is 2.86 bits per heavy atom. The van der Waals surface area contributed by atoms with E-state index in [0.717, 1.165) is 5.56 Å². The molecule has 0 saturated carbocycles. The summed E-state index contributed by atoms with van der Waals surface area (Å²) in [5.41, 5.74) is 0.295. The Balaban J connectivity index is 1.83. The van der Waals surface area contributed by atoms with Crippen LogP contribution in [0.1, 0.15) is 18.9 Å². The summed E-state index contributed by atoms with van der Waals surface area (Å²) in [5, 5.41) is 9.42. The first kappa shape index (κ1) is 16.1. The highest BCUT2D eigenvalue weighted by molar-refractivity contribution is 5.60. The van der Waals surface area contributed by atoms with Crippen LogP contribution in [0.5, 0.6) is 0 Å². The van der Waals surface area contributed by atoms with Gasteiger partial charge in [-0.25, -0.2) is 4.79 Å². The predicted octanol–water partition coefficient (Wildman–Crippen LogP) is 3.21. The van der Waals surface area contributed by atoms with Crippen LogP contribution in [0.4, 0.5) is 4.79 Å². The molecule has 2 rings (SSSR count). The van der Waals surface area contributed by atoms with Crippen LogP contribution in [0.25, 0.3) is 0 Å². The van der Waals surface area contributed by atoms with E-state index in [1.54, 1.807) is 19.1 Å². The van der Waals surface area contributed by atoms with E-state index >= 15 is 0 Å². The molecule has 1 aliphatic rings. The maximum atomic E-state index is 11.3. The Morgan fingerprint density at radius 2 is 2.18 bits per heavy atom. The second-order valence-corrected chi connectivity index (χ2v) is 5.15. The molecular formula is C17H19NO4. The Hall–Kier alpha value is -2.32. The van der Waals surface area contributed by atoms with Gasteiger partial charge in [-0.3, -0.25) is 0 Å². The first-order valence-corrected chi connectivity index (χ1v) is 7.23. The Labute approximate surface area is 130 Å². The van der Waals surface area contributed by atoms with E-state index < -0.39 is 17.7 Å². The van der Waals surface area contributed by atoms with Crippen LogP contribution >= 0.6 is 0 Å². The van der Waals surface area contributed by atoms with Crippen molar-refractivity contribution in [1.29, 1.82) is 5.26 Å². The fourth-order valence-electron chi connectivity index (χ4n) is 2.29. The van der Waals surface area contributed by atoms with Gasteiger partial charge in [0.05, 0.1) is 25.9 Å². The molecular weight excluding hydrogens is 282 g/mol. The van der Waals surface area contributed by atoms with Crippen LogP contribution in [-0.2, 0) is 20.8 Å². The molecule has 1 aromatic rings. The standard InChI is InChI=1S/C17H19NO4/c1-2-21-16(19)22-15-8-9-17(10-15,12-18)13-20-11-14-6-4-3-5-7-14/h3-9,15H,2,10-11,13H2,1H3/t15-,17+/m0/s1. The van der Waals surface area contributed by atoms with Crippen molar-refractivity contribution in [3.05, 3.63) is 48.0 Å². The summed E-state index contributed by atoms with van der Waals surface area (Å²) in [6.45, 7) is 2.68. The molecule has 0 spiro atoms. The molecule has 0 bridgehead atoms. The number of hydrogen-bond acceptors (Lipinski definition) is 5. The van der Waals surface area contributed by atoms with E-state index in [1.165, 1.54) is 0 Å². The molecule has 0 aromatic heterocycles. The summed E-state index contributed by atoms with van der Waals surface area (Å²) >= 11 is 0. The number of nitriles is 1. The van der Waals surface area contributed by atoms with Crippen LogP contribution in [0.2, 0.25) is 0 Å². The highest BCUT2D eigenvalue weighted by Crippen LogP contribution is 2.33. The average molecular weight is 301 g/mol. The van der Waals surface area contributed by atoms with Crippen molar-refractivity contribution in [2.75, 3.05) is 13.2 Å². The normalized spacial score (nSPS) is 23.0. The van der Waals surface area contributed by atoms with Crippen molar-refractivity contribution < 1.29 is 19.0 Å². The molecule has 2 atom stereocenters. The minimum Gasteiger partial charge on any atom is -0.435 e. The maximum absolute atomic E-state index is 11.3. The van der Waals surface area contributed by atoms with Crippen molar-refractivity contribution in [3.8, 4) is 6.07 Å². The maximum Gasteiger partial charge on any atom is 0.508 e. The van der Waals surface area contributed by atoms with Gasteiger partial charge in [0, 0.05) is 6.42 Å². The zero-order valence-corrected chi connectivity index (χ0v) is 12.5. The van der Waals surface area contributed by atoms with Crippen molar-refractivity contribution in [1.82, 2.24) is 0 Å². The Morgan fingerprint density at radius 1 is 1.41 bits per heavy atom.